The van der Waals surface area contributed by atoms with Crippen molar-refractivity contribution in [2.75, 3.05) is 25.6 Å². The van der Waals surface area contributed by atoms with Crippen LogP contribution in [0.3, 0.4) is 0 Å². The third-order valence-electron chi connectivity index (χ3n) is 6.79. The molecule has 31 heavy (non-hydrogen) atoms. The van der Waals surface area contributed by atoms with E-state index < -0.39 is 0 Å². The Bertz CT molecular complexity index is 1260. The molecule has 6 rings (SSSR count). The van der Waals surface area contributed by atoms with Crippen LogP contribution in [0.25, 0.3) is 27.7 Å². The van der Waals surface area contributed by atoms with Crippen LogP contribution in [0.2, 0.25) is 0 Å². The Labute approximate surface area is 179 Å². The van der Waals surface area contributed by atoms with Crippen molar-refractivity contribution in [1.29, 1.82) is 0 Å². The summed E-state index contributed by atoms with van der Waals surface area (Å²) >= 11 is 0. The highest BCUT2D eigenvalue weighted by atomic mass is 16.5. The number of hydrogen-bond donors (Lipinski definition) is 1. The van der Waals surface area contributed by atoms with E-state index in [0.717, 1.165) is 53.7 Å². The number of nitrogens with one attached hydrogen (secondary N) is 1. The number of aryl methyl sites for hydroxylation is 1. The molecule has 0 atom stereocenters. The van der Waals surface area contributed by atoms with Crippen molar-refractivity contribution in [2.45, 2.75) is 31.7 Å². The SMILES string of the molecule is COc1nc(NC2CCC3(CC2)COC3)nn2ccc(-c3ccc4nnn(C)c4c3)c12. The number of benzene rings is 1. The van der Waals surface area contributed by atoms with Crippen LogP contribution in [0, 0.1) is 5.41 Å². The summed E-state index contributed by atoms with van der Waals surface area (Å²) in [6.45, 7) is 1.84. The highest BCUT2D eigenvalue weighted by molar-refractivity contribution is 5.89. The van der Waals surface area contributed by atoms with Gasteiger partial charge in [0.25, 0.3) is 0 Å². The molecule has 0 unspecified atom stereocenters. The number of rotatable bonds is 4. The van der Waals surface area contributed by atoms with Gasteiger partial charge in [0.15, 0.2) is 0 Å². The van der Waals surface area contributed by atoms with Crippen molar-refractivity contribution in [3.05, 3.63) is 30.5 Å². The Kier molecular flexibility index (Phi) is 4.14. The monoisotopic (exact) mass is 419 g/mol. The molecule has 4 heterocycles. The Morgan fingerprint density at radius 2 is 2.03 bits per heavy atom. The zero-order chi connectivity index (χ0) is 21.0. The summed E-state index contributed by atoms with van der Waals surface area (Å²) in [5, 5.41) is 16.5. The van der Waals surface area contributed by atoms with Crippen LogP contribution in [0.1, 0.15) is 25.7 Å². The van der Waals surface area contributed by atoms with Crippen LogP contribution in [0.5, 0.6) is 5.88 Å². The highest BCUT2D eigenvalue weighted by Gasteiger charge is 2.41. The second-order valence-corrected chi connectivity index (χ2v) is 8.80. The maximum Gasteiger partial charge on any atom is 0.244 e. The fourth-order valence-corrected chi connectivity index (χ4v) is 4.86. The average molecular weight is 419 g/mol. The molecule has 0 amide bonds. The molecule has 1 saturated heterocycles. The quantitative estimate of drug-likeness (QED) is 0.544. The van der Waals surface area contributed by atoms with Crippen LogP contribution < -0.4 is 10.1 Å². The largest absolute Gasteiger partial charge is 0.479 e. The van der Waals surface area contributed by atoms with Crippen molar-refractivity contribution in [1.82, 2.24) is 29.6 Å². The van der Waals surface area contributed by atoms with E-state index in [1.165, 1.54) is 12.8 Å². The van der Waals surface area contributed by atoms with Gasteiger partial charge < -0.3 is 14.8 Å². The maximum absolute atomic E-state index is 5.68. The summed E-state index contributed by atoms with van der Waals surface area (Å²) in [6, 6.07) is 8.52. The molecule has 1 aliphatic carbocycles. The van der Waals surface area contributed by atoms with Crippen molar-refractivity contribution in [3.63, 3.8) is 0 Å². The van der Waals surface area contributed by atoms with E-state index in [2.05, 4.69) is 21.7 Å². The van der Waals surface area contributed by atoms with Crippen LogP contribution in [0.15, 0.2) is 30.5 Å². The number of aromatic nitrogens is 6. The van der Waals surface area contributed by atoms with Gasteiger partial charge in [-0.05, 0) is 49.4 Å². The smallest absolute Gasteiger partial charge is 0.244 e. The van der Waals surface area contributed by atoms with Crippen molar-refractivity contribution < 1.29 is 9.47 Å². The lowest BCUT2D eigenvalue weighted by molar-refractivity contribution is -0.131. The number of methoxy groups -OCH3 is 1. The molecule has 1 aliphatic heterocycles. The normalized spacial score (nSPS) is 18.5. The van der Waals surface area contributed by atoms with Gasteiger partial charge in [-0.15, -0.1) is 10.2 Å². The molecular weight excluding hydrogens is 394 g/mol. The summed E-state index contributed by atoms with van der Waals surface area (Å²) < 4.78 is 14.7. The third-order valence-corrected chi connectivity index (χ3v) is 6.79. The summed E-state index contributed by atoms with van der Waals surface area (Å²) in [6.07, 6.45) is 6.57. The molecule has 1 aromatic carbocycles. The Hall–Kier alpha value is -3.20. The zero-order valence-corrected chi connectivity index (χ0v) is 17.7. The second kappa shape index (κ2) is 6.91. The lowest BCUT2D eigenvalue weighted by Gasteiger charge is -2.46. The molecule has 160 valence electrons. The standard InChI is InChI=1S/C22H25N7O2/c1-28-18-11-14(3-4-17(18)25-27-28)16-7-10-29-19(16)20(30-2)24-21(26-29)23-15-5-8-22(9-6-15)12-31-13-22/h3-4,7,10-11,15H,5-6,8-9,12-13H2,1-2H3,(H,23,26). The minimum Gasteiger partial charge on any atom is -0.479 e. The predicted molar refractivity (Wildman–Crippen MR) is 116 cm³/mol. The van der Waals surface area contributed by atoms with Gasteiger partial charge in [-0.1, -0.05) is 11.3 Å². The van der Waals surface area contributed by atoms with E-state index in [0.29, 0.717) is 23.3 Å². The first-order valence-corrected chi connectivity index (χ1v) is 10.7. The van der Waals surface area contributed by atoms with Gasteiger partial charge in [-0.25, -0.2) is 9.20 Å². The van der Waals surface area contributed by atoms with Crippen molar-refractivity contribution in [2.24, 2.45) is 12.5 Å². The number of anilines is 1. The fourth-order valence-electron chi connectivity index (χ4n) is 4.86. The minimum atomic E-state index is 0.378. The van der Waals surface area contributed by atoms with Gasteiger partial charge >= 0.3 is 0 Å². The zero-order valence-electron chi connectivity index (χ0n) is 17.7. The van der Waals surface area contributed by atoms with Crippen molar-refractivity contribution >= 4 is 22.5 Å². The van der Waals surface area contributed by atoms with E-state index in [4.69, 9.17) is 19.6 Å². The summed E-state index contributed by atoms with van der Waals surface area (Å²) in [4.78, 5) is 4.69. The predicted octanol–water partition coefficient (Wildman–Crippen LogP) is 3.06. The molecule has 4 aromatic rings. The number of hydrogen-bond acceptors (Lipinski definition) is 7. The van der Waals surface area contributed by atoms with Gasteiger partial charge in [-0.3, -0.25) is 0 Å². The molecule has 9 nitrogen and oxygen atoms in total. The third kappa shape index (κ3) is 3.03. The summed E-state index contributed by atoms with van der Waals surface area (Å²) in [5.74, 6) is 1.16. The average Bonchev–Trinajstić information content (AvgIpc) is 3.36. The topological polar surface area (TPSA) is 91.4 Å². The second-order valence-electron chi connectivity index (χ2n) is 8.80. The first-order valence-electron chi connectivity index (χ1n) is 10.7. The van der Waals surface area contributed by atoms with Gasteiger partial charge in [0.2, 0.25) is 11.8 Å². The molecule has 3 aromatic heterocycles. The van der Waals surface area contributed by atoms with Gasteiger partial charge in [-0.2, -0.15) is 4.98 Å². The summed E-state index contributed by atoms with van der Waals surface area (Å²) in [5.41, 5.74) is 5.17. The fraction of sp³-hybridized carbons (Fsp3) is 0.455. The van der Waals surface area contributed by atoms with E-state index in [1.807, 2.05) is 36.0 Å². The van der Waals surface area contributed by atoms with E-state index in [1.54, 1.807) is 11.8 Å². The highest BCUT2D eigenvalue weighted by Crippen LogP contribution is 2.42. The van der Waals surface area contributed by atoms with E-state index >= 15 is 0 Å². The molecular formula is C22H25N7O2. The number of ether oxygens (including phenoxy) is 2. The van der Waals surface area contributed by atoms with E-state index in [-0.39, 0.29) is 0 Å². The van der Waals surface area contributed by atoms with Crippen LogP contribution >= 0.6 is 0 Å². The molecule has 0 radical (unpaired) electrons. The molecule has 1 N–H and O–H groups in total. The van der Waals surface area contributed by atoms with Crippen LogP contribution in [0.4, 0.5) is 5.95 Å². The molecule has 9 heteroatoms. The van der Waals surface area contributed by atoms with Gasteiger partial charge in [0, 0.05) is 30.3 Å². The minimum absolute atomic E-state index is 0.378. The number of fused-ring (bicyclic) bond motifs is 2. The lowest BCUT2D eigenvalue weighted by Crippen LogP contribution is -2.47. The van der Waals surface area contributed by atoms with Crippen LogP contribution in [-0.4, -0.2) is 56.0 Å². The first-order chi connectivity index (χ1) is 15.1. The maximum atomic E-state index is 5.68. The molecule has 0 bridgehead atoms. The Balaban J connectivity index is 1.32. The Morgan fingerprint density at radius 3 is 2.77 bits per heavy atom. The molecule has 2 aliphatic rings. The molecule has 1 spiro atoms. The number of nitrogens with zero attached hydrogens (tertiary/aromatic N) is 6. The molecule has 2 fully saturated rings. The Morgan fingerprint density at radius 1 is 1.19 bits per heavy atom. The van der Waals surface area contributed by atoms with Crippen LogP contribution in [-0.2, 0) is 11.8 Å². The van der Waals surface area contributed by atoms with E-state index in [9.17, 15) is 0 Å². The summed E-state index contributed by atoms with van der Waals surface area (Å²) in [7, 11) is 3.54. The van der Waals surface area contributed by atoms with Gasteiger partial charge in [0.05, 0.1) is 25.8 Å². The first kappa shape index (κ1) is 18.6. The van der Waals surface area contributed by atoms with Crippen molar-refractivity contribution in [3.8, 4) is 17.0 Å². The molecule has 1 saturated carbocycles. The van der Waals surface area contributed by atoms with Gasteiger partial charge in [0.1, 0.15) is 11.0 Å². The lowest BCUT2D eigenvalue weighted by atomic mass is 9.71.